The summed E-state index contributed by atoms with van der Waals surface area (Å²) in [5.41, 5.74) is 1.21. The number of hydrogen-bond donors (Lipinski definition) is 1. The van der Waals surface area contributed by atoms with E-state index < -0.39 is 15.8 Å². The molecule has 3 rings (SSSR count). The molecule has 0 spiro atoms. The molecule has 1 aromatic carbocycles. The third-order valence-corrected chi connectivity index (χ3v) is 6.69. The molecule has 0 bridgehead atoms. The maximum Gasteiger partial charge on any atom is 0.240 e. The van der Waals surface area contributed by atoms with E-state index in [-0.39, 0.29) is 11.4 Å². The summed E-state index contributed by atoms with van der Waals surface area (Å²) in [4.78, 5) is 6.99. The molecule has 0 atom stereocenters. The number of nitrogens with zero attached hydrogens (tertiary/aromatic N) is 2. The van der Waals surface area contributed by atoms with Crippen LogP contribution in [0.3, 0.4) is 0 Å². The highest BCUT2D eigenvalue weighted by atomic mass is 32.2. The lowest BCUT2D eigenvalue weighted by atomic mass is 10.1. The normalized spacial score (nSPS) is 15.5. The highest BCUT2D eigenvalue weighted by Gasteiger charge is 2.16. The van der Waals surface area contributed by atoms with Crippen LogP contribution in [-0.2, 0) is 16.4 Å². The number of halogens is 1. The molecule has 1 N–H and O–H groups in total. The average Bonchev–Trinajstić information content (AvgIpc) is 3.07. The standard InChI is InChI=1S/C17H22FN3O2S2/c1-13-11-15(5-6-16(13)18)25(22,23)19-8-7-14-12-24-17(20-14)21-9-3-2-4-10-21/h5-6,11-12,19H,2-4,7-10H2,1H3. The van der Waals surface area contributed by atoms with Gasteiger partial charge < -0.3 is 4.90 Å². The van der Waals surface area contributed by atoms with Crippen molar-refractivity contribution in [3.63, 3.8) is 0 Å². The van der Waals surface area contributed by atoms with Gasteiger partial charge in [0.25, 0.3) is 0 Å². The Balaban J connectivity index is 1.57. The summed E-state index contributed by atoms with van der Waals surface area (Å²) in [6.07, 6.45) is 4.21. The lowest BCUT2D eigenvalue weighted by Gasteiger charge is -2.25. The Labute approximate surface area is 151 Å². The zero-order valence-electron chi connectivity index (χ0n) is 14.2. The second-order valence-corrected chi connectivity index (χ2v) is 8.83. The van der Waals surface area contributed by atoms with Gasteiger partial charge in [-0.1, -0.05) is 0 Å². The van der Waals surface area contributed by atoms with Crippen LogP contribution in [-0.4, -0.2) is 33.0 Å². The SMILES string of the molecule is Cc1cc(S(=O)(=O)NCCc2csc(N3CCCCC3)n2)ccc1F. The number of piperidine rings is 1. The molecule has 5 nitrogen and oxygen atoms in total. The Kier molecular flexibility index (Phi) is 5.71. The number of hydrogen-bond acceptors (Lipinski definition) is 5. The zero-order chi connectivity index (χ0) is 17.9. The minimum absolute atomic E-state index is 0.0821. The first kappa shape index (κ1) is 18.3. The van der Waals surface area contributed by atoms with Gasteiger partial charge in [0.05, 0.1) is 10.6 Å². The number of aromatic nitrogens is 1. The summed E-state index contributed by atoms with van der Waals surface area (Å²) in [5.74, 6) is -0.410. The first-order valence-electron chi connectivity index (χ1n) is 8.41. The lowest BCUT2D eigenvalue weighted by molar-refractivity contribution is 0.575. The Morgan fingerprint density at radius 3 is 2.76 bits per heavy atom. The Morgan fingerprint density at radius 1 is 1.28 bits per heavy atom. The van der Waals surface area contributed by atoms with Crippen molar-refractivity contribution < 1.29 is 12.8 Å². The van der Waals surface area contributed by atoms with Gasteiger partial charge in [0.15, 0.2) is 5.13 Å². The van der Waals surface area contributed by atoms with Crippen molar-refractivity contribution in [1.29, 1.82) is 0 Å². The number of sulfonamides is 1. The predicted molar refractivity (Wildman–Crippen MR) is 98.2 cm³/mol. The minimum Gasteiger partial charge on any atom is -0.348 e. The predicted octanol–water partition coefficient (Wildman–Crippen LogP) is 3.10. The molecule has 1 aliphatic rings. The van der Waals surface area contributed by atoms with E-state index in [9.17, 15) is 12.8 Å². The molecule has 1 fully saturated rings. The molecule has 0 aliphatic carbocycles. The topological polar surface area (TPSA) is 62.3 Å². The van der Waals surface area contributed by atoms with Crippen LogP contribution in [0.2, 0.25) is 0 Å². The van der Waals surface area contributed by atoms with E-state index in [0.717, 1.165) is 23.9 Å². The molecule has 8 heteroatoms. The van der Waals surface area contributed by atoms with Gasteiger partial charge in [0, 0.05) is 31.4 Å². The lowest BCUT2D eigenvalue weighted by Crippen LogP contribution is -2.29. The molecule has 1 aromatic heterocycles. The molecule has 0 saturated carbocycles. The van der Waals surface area contributed by atoms with Crippen LogP contribution in [0.25, 0.3) is 0 Å². The number of anilines is 1. The second-order valence-electron chi connectivity index (χ2n) is 6.23. The van der Waals surface area contributed by atoms with Gasteiger partial charge in [-0.3, -0.25) is 0 Å². The summed E-state index contributed by atoms with van der Waals surface area (Å²) >= 11 is 1.61. The van der Waals surface area contributed by atoms with Crippen LogP contribution in [0.15, 0.2) is 28.5 Å². The summed E-state index contributed by atoms with van der Waals surface area (Å²) in [5, 5.41) is 3.01. The first-order chi connectivity index (χ1) is 12.0. The number of thiazole rings is 1. The number of benzene rings is 1. The number of aryl methyl sites for hydroxylation is 1. The molecule has 1 saturated heterocycles. The largest absolute Gasteiger partial charge is 0.348 e. The van der Waals surface area contributed by atoms with E-state index in [2.05, 4.69) is 14.6 Å². The molecule has 0 radical (unpaired) electrons. The van der Waals surface area contributed by atoms with Crippen LogP contribution < -0.4 is 9.62 Å². The van der Waals surface area contributed by atoms with Gasteiger partial charge in [-0.25, -0.2) is 22.5 Å². The van der Waals surface area contributed by atoms with Crippen molar-refractivity contribution in [3.05, 3.63) is 40.7 Å². The van der Waals surface area contributed by atoms with E-state index in [1.807, 2.05) is 5.38 Å². The molecule has 1 aliphatic heterocycles. The number of nitrogens with one attached hydrogen (secondary N) is 1. The maximum absolute atomic E-state index is 13.3. The molecule has 25 heavy (non-hydrogen) atoms. The van der Waals surface area contributed by atoms with Crippen LogP contribution >= 0.6 is 11.3 Å². The fraction of sp³-hybridized carbons (Fsp3) is 0.471. The van der Waals surface area contributed by atoms with E-state index >= 15 is 0 Å². The third-order valence-electron chi connectivity index (χ3n) is 4.28. The van der Waals surface area contributed by atoms with E-state index in [1.54, 1.807) is 18.3 Å². The maximum atomic E-state index is 13.3. The molecule has 0 amide bonds. The summed E-state index contributed by atoms with van der Waals surface area (Å²) in [6, 6.07) is 3.80. The zero-order valence-corrected chi connectivity index (χ0v) is 15.8. The summed E-state index contributed by atoms with van der Waals surface area (Å²) in [6.45, 7) is 3.90. The highest BCUT2D eigenvalue weighted by molar-refractivity contribution is 7.89. The van der Waals surface area contributed by atoms with Crippen molar-refractivity contribution >= 4 is 26.5 Å². The molecular formula is C17H22FN3O2S2. The quantitative estimate of drug-likeness (QED) is 0.833. The summed E-state index contributed by atoms with van der Waals surface area (Å²) < 4.78 is 40.4. The Hall–Kier alpha value is -1.51. The van der Waals surface area contributed by atoms with Gasteiger partial charge in [-0.05, 0) is 49.9 Å². The molecule has 0 unspecified atom stereocenters. The van der Waals surface area contributed by atoms with Crippen LogP contribution in [0.4, 0.5) is 9.52 Å². The smallest absolute Gasteiger partial charge is 0.240 e. The van der Waals surface area contributed by atoms with Crippen LogP contribution in [0.1, 0.15) is 30.5 Å². The Morgan fingerprint density at radius 2 is 2.04 bits per heavy atom. The van der Waals surface area contributed by atoms with Gasteiger partial charge in [0.1, 0.15) is 5.82 Å². The third kappa shape index (κ3) is 4.56. The van der Waals surface area contributed by atoms with Gasteiger partial charge in [0.2, 0.25) is 10.0 Å². The van der Waals surface area contributed by atoms with Crippen molar-refractivity contribution in [2.75, 3.05) is 24.5 Å². The van der Waals surface area contributed by atoms with Crippen molar-refractivity contribution in [3.8, 4) is 0 Å². The van der Waals surface area contributed by atoms with E-state index in [1.165, 1.54) is 37.5 Å². The van der Waals surface area contributed by atoms with Crippen molar-refractivity contribution in [1.82, 2.24) is 9.71 Å². The molecule has 136 valence electrons. The Bertz CT molecular complexity index is 830. The van der Waals surface area contributed by atoms with E-state index in [4.69, 9.17) is 0 Å². The molecule has 2 heterocycles. The first-order valence-corrected chi connectivity index (χ1v) is 10.8. The van der Waals surface area contributed by atoms with Crippen LogP contribution in [0, 0.1) is 12.7 Å². The average molecular weight is 384 g/mol. The molecular weight excluding hydrogens is 361 g/mol. The van der Waals surface area contributed by atoms with Gasteiger partial charge >= 0.3 is 0 Å². The van der Waals surface area contributed by atoms with Crippen molar-refractivity contribution in [2.24, 2.45) is 0 Å². The van der Waals surface area contributed by atoms with Gasteiger partial charge in [-0.2, -0.15) is 0 Å². The molecule has 2 aromatic rings. The monoisotopic (exact) mass is 383 g/mol. The van der Waals surface area contributed by atoms with Crippen molar-refractivity contribution in [2.45, 2.75) is 37.5 Å². The van der Waals surface area contributed by atoms with Gasteiger partial charge in [-0.15, -0.1) is 11.3 Å². The highest BCUT2D eigenvalue weighted by Crippen LogP contribution is 2.24. The second kappa shape index (κ2) is 7.80. The van der Waals surface area contributed by atoms with Crippen LogP contribution in [0.5, 0.6) is 0 Å². The fourth-order valence-electron chi connectivity index (χ4n) is 2.82. The number of rotatable bonds is 6. The minimum atomic E-state index is -3.63. The van der Waals surface area contributed by atoms with E-state index in [0.29, 0.717) is 12.0 Å². The fourth-order valence-corrected chi connectivity index (χ4v) is 4.85. The summed E-state index contributed by atoms with van der Waals surface area (Å²) in [7, 11) is -3.63.